The van der Waals surface area contributed by atoms with E-state index in [2.05, 4.69) is 0 Å². The minimum Gasteiger partial charge on any atom is -0.481 e. The zero-order chi connectivity index (χ0) is 15.7. The average Bonchev–Trinajstić information content (AvgIpc) is 3.20. The van der Waals surface area contributed by atoms with Crippen LogP contribution in [0, 0.1) is 5.41 Å². The highest BCUT2D eigenvalue weighted by molar-refractivity contribution is 7.09. The molecule has 0 bridgehead atoms. The maximum Gasteiger partial charge on any atom is 0.311 e. The molecule has 0 radical (unpaired) electrons. The minimum atomic E-state index is -0.836. The van der Waals surface area contributed by atoms with Crippen LogP contribution in [-0.4, -0.2) is 39.5 Å². The van der Waals surface area contributed by atoms with Crippen LogP contribution in [0.1, 0.15) is 28.7 Å². The lowest BCUT2D eigenvalue weighted by Crippen LogP contribution is -2.35. The van der Waals surface area contributed by atoms with Crippen molar-refractivity contribution in [2.45, 2.75) is 19.9 Å². The molecule has 0 saturated carbocycles. The molecule has 3 rings (SSSR count). The number of carboxylic acids is 1. The fourth-order valence-electron chi connectivity index (χ4n) is 2.79. The molecule has 116 valence electrons. The van der Waals surface area contributed by atoms with Crippen molar-refractivity contribution in [3.05, 3.63) is 46.4 Å². The summed E-state index contributed by atoms with van der Waals surface area (Å²) < 4.78 is 1.92. The van der Waals surface area contributed by atoms with Crippen LogP contribution in [-0.2, 0) is 11.3 Å². The number of thiophene rings is 1. The predicted octanol–water partition coefficient (Wildman–Crippen LogP) is 2.53. The summed E-state index contributed by atoms with van der Waals surface area (Å²) in [5.74, 6) is -0.928. The van der Waals surface area contributed by atoms with Gasteiger partial charge in [0.25, 0.3) is 5.91 Å². The number of carbonyl (C=O) groups excluding carboxylic acids is 1. The molecule has 5 nitrogen and oxygen atoms in total. The van der Waals surface area contributed by atoms with Gasteiger partial charge in [-0.05, 0) is 36.9 Å². The zero-order valence-electron chi connectivity index (χ0n) is 12.4. The van der Waals surface area contributed by atoms with Crippen molar-refractivity contribution in [2.75, 3.05) is 13.1 Å². The van der Waals surface area contributed by atoms with E-state index in [1.165, 1.54) is 4.88 Å². The van der Waals surface area contributed by atoms with Crippen molar-refractivity contribution in [2.24, 2.45) is 5.41 Å². The van der Waals surface area contributed by atoms with Gasteiger partial charge in [0, 0.05) is 24.2 Å². The van der Waals surface area contributed by atoms with Crippen molar-refractivity contribution >= 4 is 23.2 Å². The van der Waals surface area contributed by atoms with Crippen molar-refractivity contribution in [1.82, 2.24) is 9.47 Å². The Hall–Kier alpha value is -2.08. The number of carbonyl (C=O) groups is 2. The van der Waals surface area contributed by atoms with E-state index >= 15 is 0 Å². The van der Waals surface area contributed by atoms with Gasteiger partial charge in [0.2, 0.25) is 0 Å². The van der Waals surface area contributed by atoms with Crippen LogP contribution < -0.4 is 0 Å². The lowest BCUT2D eigenvalue weighted by Gasteiger charge is -2.20. The fourth-order valence-corrected chi connectivity index (χ4v) is 3.49. The summed E-state index contributed by atoms with van der Waals surface area (Å²) in [6.07, 6.45) is 2.39. The molecule has 1 amide bonds. The summed E-state index contributed by atoms with van der Waals surface area (Å²) in [7, 11) is 0. The zero-order valence-corrected chi connectivity index (χ0v) is 13.2. The molecule has 1 saturated heterocycles. The van der Waals surface area contributed by atoms with Crippen LogP contribution >= 0.6 is 11.3 Å². The van der Waals surface area contributed by atoms with Crippen molar-refractivity contribution < 1.29 is 14.7 Å². The van der Waals surface area contributed by atoms with Crippen LogP contribution in [0.3, 0.4) is 0 Å². The number of rotatable bonds is 4. The van der Waals surface area contributed by atoms with E-state index in [9.17, 15) is 14.7 Å². The monoisotopic (exact) mass is 318 g/mol. The average molecular weight is 318 g/mol. The number of likely N-dealkylation sites (tertiary alicyclic amines) is 1. The second kappa shape index (κ2) is 5.61. The molecular weight excluding hydrogens is 300 g/mol. The highest BCUT2D eigenvalue weighted by Crippen LogP contribution is 2.31. The molecule has 0 aromatic carbocycles. The normalized spacial score (nSPS) is 21.2. The standard InChI is InChI=1S/C16H18N2O3S/c1-16(15(20)21)6-8-18(11-16)14(19)13-5-2-7-17(13)10-12-4-3-9-22-12/h2-5,7,9H,6,8,10-11H2,1H3,(H,20,21)/t16-/m1/s1. The summed E-state index contributed by atoms with van der Waals surface area (Å²) in [6.45, 7) is 3.13. The van der Waals surface area contributed by atoms with Gasteiger partial charge in [-0.15, -0.1) is 11.3 Å². The largest absolute Gasteiger partial charge is 0.481 e. The van der Waals surface area contributed by atoms with E-state index in [0.717, 1.165) is 0 Å². The van der Waals surface area contributed by atoms with Gasteiger partial charge in [-0.1, -0.05) is 6.07 Å². The summed E-state index contributed by atoms with van der Waals surface area (Å²) in [4.78, 5) is 26.8. The number of hydrogen-bond donors (Lipinski definition) is 1. The molecule has 0 unspecified atom stereocenters. The SMILES string of the molecule is C[C@@]1(C(=O)O)CCN(C(=O)c2cccn2Cc2cccs2)C1. The molecule has 1 fully saturated rings. The molecule has 3 heterocycles. The van der Waals surface area contributed by atoms with Gasteiger partial charge in [0.1, 0.15) is 5.69 Å². The van der Waals surface area contributed by atoms with Gasteiger partial charge < -0.3 is 14.6 Å². The van der Waals surface area contributed by atoms with E-state index in [-0.39, 0.29) is 12.5 Å². The van der Waals surface area contributed by atoms with E-state index in [1.54, 1.807) is 29.2 Å². The molecule has 22 heavy (non-hydrogen) atoms. The van der Waals surface area contributed by atoms with Gasteiger partial charge in [-0.3, -0.25) is 9.59 Å². The lowest BCUT2D eigenvalue weighted by molar-refractivity contribution is -0.147. The van der Waals surface area contributed by atoms with Gasteiger partial charge in [-0.25, -0.2) is 0 Å². The molecule has 1 N–H and O–H groups in total. The van der Waals surface area contributed by atoms with Crippen molar-refractivity contribution in [1.29, 1.82) is 0 Å². The molecule has 1 aliphatic rings. The van der Waals surface area contributed by atoms with Gasteiger partial charge >= 0.3 is 5.97 Å². The quantitative estimate of drug-likeness (QED) is 0.942. The third-order valence-corrected chi connectivity index (χ3v) is 5.09. The molecular formula is C16H18N2O3S. The third-order valence-electron chi connectivity index (χ3n) is 4.23. The van der Waals surface area contributed by atoms with E-state index in [0.29, 0.717) is 25.2 Å². The Morgan fingerprint density at radius 2 is 2.18 bits per heavy atom. The van der Waals surface area contributed by atoms with Gasteiger partial charge in [0.05, 0.1) is 12.0 Å². The first-order chi connectivity index (χ1) is 10.5. The number of carboxylic acid groups (broad SMARTS) is 1. The van der Waals surface area contributed by atoms with Crippen LogP contribution in [0.15, 0.2) is 35.8 Å². The predicted molar refractivity (Wildman–Crippen MR) is 84.1 cm³/mol. The topological polar surface area (TPSA) is 62.5 Å². The van der Waals surface area contributed by atoms with E-state index < -0.39 is 11.4 Å². The number of aliphatic carboxylic acids is 1. The Morgan fingerprint density at radius 1 is 1.36 bits per heavy atom. The minimum absolute atomic E-state index is 0.0912. The molecule has 0 spiro atoms. The Kier molecular flexibility index (Phi) is 3.78. The van der Waals surface area contributed by atoms with Crippen LogP contribution in [0.5, 0.6) is 0 Å². The third kappa shape index (κ3) is 2.66. The number of amides is 1. The second-order valence-corrected chi connectivity index (χ2v) is 6.98. The molecule has 2 aromatic rings. The molecule has 6 heteroatoms. The van der Waals surface area contributed by atoms with Crippen molar-refractivity contribution in [3.8, 4) is 0 Å². The summed E-state index contributed by atoms with van der Waals surface area (Å²) in [6, 6.07) is 7.68. The first-order valence-electron chi connectivity index (χ1n) is 7.20. The summed E-state index contributed by atoms with van der Waals surface area (Å²) >= 11 is 1.65. The van der Waals surface area contributed by atoms with E-state index in [1.807, 2.05) is 34.3 Å². The van der Waals surface area contributed by atoms with Crippen molar-refractivity contribution in [3.63, 3.8) is 0 Å². The molecule has 1 aliphatic heterocycles. The fraction of sp³-hybridized carbons (Fsp3) is 0.375. The highest BCUT2D eigenvalue weighted by atomic mass is 32.1. The number of hydrogen-bond acceptors (Lipinski definition) is 3. The van der Waals surface area contributed by atoms with E-state index in [4.69, 9.17) is 0 Å². The van der Waals surface area contributed by atoms with Crippen LogP contribution in [0.2, 0.25) is 0 Å². The summed E-state index contributed by atoms with van der Waals surface area (Å²) in [5, 5.41) is 11.3. The molecule has 1 atom stereocenters. The second-order valence-electron chi connectivity index (χ2n) is 5.94. The first kappa shape index (κ1) is 14.8. The smallest absolute Gasteiger partial charge is 0.311 e. The Labute approximate surface area is 132 Å². The Bertz CT molecular complexity index is 692. The van der Waals surface area contributed by atoms with Gasteiger partial charge in [-0.2, -0.15) is 0 Å². The molecule has 0 aliphatic carbocycles. The number of nitrogens with zero attached hydrogens (tertiary/aromatic N) is 2. The van der Waals surface area contributed by atoms with Crippen LogP contribution in [0.4, 0.5) is 0 Å². The molecule has 2 aromatic heterocycles. The maximum atomic E-state index is 12.7. The van der Waals surface area contributed by atoms with Crippen LogP contribution in [0.25, 0.3) is 0 Å². The first-order valence-corrected chi connectivity index (χ1v) is 8.08. The Morgan fingerprint density at radius 3 is 2.82 bits per heavy atom. The Balaban J connectivity index is 1.77. The number of aromatic nitrogens is 1. The highest BCUT2D eigenvalue weighted by Gasteiger charge is 2.42. The summed E-state index contributed by atoms with van der Waals surface area (Å²) in [5.41, 5.74) is -0.219. The maximum absolute atomic E-state index is 12.7. The lowest BCUT2D eigenvalue weighted by atomic mass is 9.90. The van der Waals surface area contributed by atoms with Gasteiger partial charge in [0.15, 0.2) is 0 Å².